The number of sulfonamides is 1. The summed E-state index contributed by atoms with van der Waals surface area (Å²) in [5.41, 5.74) is 0. The molecule has 1 aromatic carbocycles. The van der Waals surface area contributed by atoms with Gasteiger partial charge >= 0.3 is 0 Å². The van der Waals surface area contributed by atoms with E-state index in [-0.39, 0.29) is 6.04 Å². The lowest BCUT2D eigenvalue weighted by atomic mass is 10.1. The van der Waals surface area contributed by atoms with Crippen LogP contribution in [-0.4, -0.2) is 38.5 Å². The first-order valence-corrected chi connectivity index (χ1v) is 8.66. The molecule has 4 nitrogen and oxygen atoms in total. The van der Waals surface area contributed by atoms with Crippen LogP contribution in [0.3, 0.4) is 0 Å². The zero-order valence-electron chi connectivity index (χ0n) is 11.6. The van der Waals surface area contributed by atoms with Gasteiger partial charge in [-0.05, 0) is 50.9 Å². The minimum atomic E-state index is -4.16. The number of piperidine rings is 1. The fourth-order valence-corrected chi connectivity index (χ4v) is 4.28. The molecule has 3 rings (SSSR count). The molecule has 1 saturated heterocycles. The van der Waals surface area contributed by atoms with Crippen LogP contribution in [0.15, 0.2) is 23.1 Å². The number of benzene rings is 1. The van der Waals surface area contributed by atoms with Crippen molar-refractivity contribution in [2.24, 2.45) is 0 Å². The van der Waals surface area contributed by atoms with Gasteiger partial charge in [0.1, 0.15) is 11.6 Å². The van der Waals surface area contributed by atoms with Gasteiger partial charge in [0.05, 0.1) is 0 Å². The highest BCUT2D eigenvalue weighted by Gasteiger charge is 2.34. The van der Waals surface area contributed by atoms with Crippen LogP contribution in [0, 0.1) is 11.6 Å². The molecule has 2 aliphatic rings. The van der Waals surface area contributed by atoms with E-state index in [1.807, 2.05) is 0 Å². The molecule has 0 spiro atoms. The molecule has 1 aliphatic heterocycles. The zero-order chi connectivity index (χ0) is 15.0. The van der Waals surface area contributed by atoms with Gasteiger partial charge in [0.15, 0.2) is 4.90 Å². The number of hydrogen-bond acceptors (Lipinski definition) is 3. The molecule has 0 radical (unpaired) electrons. The molecule has 7 heteroatoms. The molecule has 0 atom stereocenters. The number of likely N-dealkylation sites (tertiary alicyclic amines) is 1. The van der Waals surface area contributed by atoms with E-state index in [2.05, 4.69) is 9.62 Å². The van der Waals surface area contributed by atoms with Crippen molar-refractivity contribution in [1.82, 2.24) is 9.62 Å². The van der Waals surface area contributed by atoms with E-state index in [0.29, 0.717) is 18.9 Å². The highest BCUT2D eigenvalue weighted by molar-refractivity contribution is 7.89. The van der Waals surface area contributed by atoms with Crippen molar-refractivity contribution in [3.05, 3.63) is 29.8 Å². The van der Waals surface area contributed by atoms with E-state index in [4.69, 9.17) is 0 Å². The lowest BCUT2D eigenvalue weighted by Crippen LogP contribution is -2.45. The third-order valence-electron chi connectivity index (χ3n) is 4.10. The number of halogens is 2. The third kappa shape index (κ3) is 3.25. The van der Waals surface area contributed by atoms with Crippen molar-refractivity contribution in [2.45, 2.75) is 42.7 Å². The first-order chi connectivity index (χ1) is 9.97. The molecule has 21 heavy (non-hydrogen) atoms. The SMILES string of the molecule is O=S(=O)(NC1CCN(C2CC2)CC1)c1c(F)cccc1F. The van der Waals surface area contributed by atoms with E-state index >= 15 is 0 Å². The quantitative estimate of drug-likeness (QED) is 0.922. The monoisotopic (exact) mass is 316 g/mol. The molecule has 0 aromatic heterocycles. The minimum Gasteiger partial charge on any atom is -0.300 e. The minimum absolute atomic E-state index is 0.260. The van der Waals surface area contributed by atoms with Gasteiger partial charge in [0, 0.05) is 12.1 Å². The molecule has 1 aliphatic carbocycles. The van der Waals surface area contributed by atoms with Crippen molar-refractivity contribution >= 4 is 10.0 Å². The summed E-state index contributed by atoms with van der Waals surface area (Å²) in [7, 11) is -4.16. The Hall–Kier alpha value is -1.05. The van der Waals surface area contributed by atoms with Gasteiger partial charge in [-0.1, -0.05) is 6.07 Å². The van der Waals surface area contributed by atoms with Crippen LogP contribution in [0.25, 0.3) is 0 Å². The summed E-state index contributed by atoms with van der Waals surface area (Å²) in [5, 5.41) is 0. The van der Waals surface area contributed by atoms with Crippen LogP contribution in [0.4, 0.5) is 8.78 Å². The summed E-state index contributed by atoms with van der Waals surface area (Å²) in [6.07, 6.45) is 3.78. The Balaban J connectivity index is 1.69. The fourth-order valence-electron chi connectivity index (χ4n) is 2.84. The Morgan fingerprint density at radius 2 is 1.62 bits per heavy atom. The summed E-state index contributed by atoms with van der Waals surface area (Å²) < 4.78 is 54.0. The van der Waals surface area contributed by atoms with Gasteiger partial charge in [0.25, 0.3) is 0 Å². The molecule has 0 unspecified atom stereocenters. The summed E-state index contributed by atoms with van der Waals surface area (Å²) >= 11 is 0. The van der Waals surface area contributed by atoms with Gasteiger partial charge < -0.3 is 4.90 Å². The predicted molar refractivity (Wildman–Crippen MR) is 74.3 cm³/mol. The number of nitrogens with zero attached hydrogens (tertiary/aromatic N) is 1. The van der Waals surface area contributed by atoms with Crippen molar-refractivity contribution < 1.29 is 17.2 Å². The molecule has 0 amide bonds. The van der Waals surface area contributed by atoms with E-state index in [1.165, 1.54) is 12.8 Å². The van der Waals surface area contributed by atoms with E-state index in [9.17, 15) is 17.2 Å². The van der Waals surface area contributed by atoms with Gasteiger partial charge in [0.2, 0.25) is 10.0 Å². The van der Waals surface area contributed by atoms with Gasteiger partial charge in [-0.15, -0.1) is 0 Å². The average molecular weight is 316 g/mol. The Bertz CT molecular complexity index is 604. The highest BCUT2D eigenvalue weighted by Crippen LogP contribution is 2.29. The summed E-state index contributed by atoms with van der Waals surface area (Å²) in [5.74, 6) is -2.11. The van der Waals surface area contributed by atoms with Crippen molar-refractivity contribution in [2.75, 3.05) is 13.1 Å². The second kappa shape index (κ2) is 5.62. The normalized spacial score (nSPS) is 21.6. The molecular weight excluding hydrogens is 298 g/mol. The maximum Gasteiger partial charge on any atom is 0.246 e. The Labute approximate surface area is 123 Å². The van der Waals surface area contributed by atoms with Crippen molar-refractivity contribution in [1.29, 1.82) is 0 Å². The lowest BCUT2D eigenvalue weighted by molar-refractivity contribution is 0.198. The van der Waals surface area contributed by atoms with E-state index in [0.717, 1.165) is 31.3 Å². The second-order valence-corrected chi connectivity index (χ2v) is 7.36. The maximum atomic E-state index is 13.6. The number of hydrogen-bond donors (Lipinski definition) is 1. The van der Waals surface area contributed by atoms with Crippen LogP contribution in [0.5, 0.6) is 0 Å². The Kier molecular flexibility index (Phi) is 3.98. The lowest BCUT2D eigenvalue weighted by Gasteiger charge is -2.32. The summed E-state index contributed by atoms with van der Waals surface area (Å²) in [4.78, 5) is 1.48. The second-order valence-electron chi connectivity index (χ2n) is 5.71. The molecule has 1 N–H and O–H groups in total. The molecular formula is C14H18F2N2O2S. The standard InChI is InChI=1S/C14H18F2N2O2S/c15-12-2-1-3-13(16)14(12)21(19,20)17-10-6-8-18(9-7-10)11-4-5-11/h1-3,10-11,17H,4-9H2. The van der Waals surface area contributed by atoms with Crippen molar-refractivity contribution in [3.63, 3.8) is 0 Å². The van der Waals surface area contributed by atoms with Crippen LogP contribution in [0.2, 0.25) is 0 Å². The van der Waals surface area contributed by atoms with Crippen LogP contribution >= 0.6 is 0 Å². The number of nitrogens with one attached hydrogen (secondary N) is 1. The molecule has 1 aromatic rings. The fraction of sp³-hybridized carbons (Fsp3) is 0.571. The first kappa shape index (κ1) is 14.9. The smallest absolute Gasteiger partial charge is 0.246 e. The van der Waals surface area contributed by atoms with Gasteiger partial charge in [-0.25, -0.2) is 21.9 Å². The Morgan fingerprint density at radius 1 is 1.05 bits per heavy atom. The largest absolute Gasteiger partial charge is 0.300 e. The topological polar surface area (TPSA) is 49.4 Å². The van der Waals surface area contributed by atoms with Crippen LogP contribution in [-0.2, 0) is 10.0 Å². The van der Waals surface area contributed by atoms with Gasteiger partial charge in [-0.3, -0.25) is 0 Å². The molecule has 1 saturated carbocycles. The summed E-state index contributed by atoms with van der Waals surface area (Å²) in [6.45, 7) is 1.66. The zero-order valence-corrected chi connectivity index (χ0v) is 12.4. The molecule has 1 heterocycles. The van der Waals surface area contributed by atoms with Gasteiger partial charge in [-0.2, -0.15) is 0 Å². The first-order valence-electron chi connectivity index (χ1n) is 7.18. The predicted octanol–water partition coefficient (Wildman–Crippen LogP) is 1.87. The third-order valence-corrected chi connectivity index (χ3v) is 5.67. The number of rotatable bonds is 4. The van der Waals surface area contributed by atoms with Crippen LogP contribution < -0.4 is 4.72 Å². The van der Waals surface area contributed by atoms with Crippen LogP contribution in [0.1, 0.15) is 25.7 Å². The van der Waals surface area contributed by atoms with E-state index < -0.39 is 26.6 Å². The summed E-state index contributed by atoms with van der Waals surface area (Å²) in [6, 6.07) is 3.45. The maximum absolute atomic E-state index is 13.6. The molecule has 0 bridgehead atoms. The average Bonchev–Trinajstić information content (AvgIpc) is 3.23. The Morgan fingerprint density at radius 3 is 2.14 bits per heavy atom. The highest BCUT2D eigenvalue weighted by atomic mass is 32.2. The molecule has 2 fully saturated rings. The van der Waals surface area contributed by atoms with Crippen molar-refractivity contribution in [3.8, 4) is 0 Å². The molecule has 116 valence electrons. The van der Waals surface area contributed by atoms with E-state index in [1.54, 1.807) is 0 Å².